The van der Waals surface area contributed by atoms with E-state index < -0.39 is 0 Å². The molecule has 0 radical (unpaired) electrons. The zero-order valence-corrected chi connectivity index (χ0v) is 11.1. The number of aliphatic hydroxyl groups is 1. The summed E-state index contributed by atoms with van der Waals surface area (Å²) in [6.45, 7) is 3.89. The zero-order chi connectivity index (χ0) is 12.7. The molecule has 1 rings (SSSR count). The third-order valence-corrected chi connectivity index (χ3v) is 2.58. The lowest BCUT2D eigenvalue weighted by Gasteiger charge is -2.30. The van der Waals surface area contributed by atoms with Crippen molar-refractivity contribution < 1.29 is 14.3 Å². The molecule has 0 heterocycles. The summed E-state index contributed by atoms with van der Waals surface area (Å²) < 4.78 is 6.35. The fraction of sp³-hybridized carbons (Fsp3) is 0.571. The summed E-state index contributed by atoms with van der Waals surface area (Å²) >= 11 is 0. The lowest BCUT2D eigenvalue weighted by atomic mass is 10.2. The van der Waals surface area contributed by atoms with Crippen LogP contribution in [0.4, 0.5) is 0 Å². The number of ether oxygens (including phenoxy) is 1. The maximum atomic E-state index is 9.35. The van der Waals surface area contributed by atoms with E-state index in [-0.39, 0.29) is 6.10 Å². The highest BCUT2D eigenvalue weighted by atomic mass is 16.5. The molecule has 0 aliphatic heterocycles. The van der Waals surface area contributed by atoms with Crippen molar-refractivity contribution in [3.8, 4) is 0 Å². The van der Waals surface area contributed by atoms with E-state index in [4.69, 9.17) is 4.74 Å². The van der Waals surface area contributed by atoms with Gasteiger partial charge in [0.05, 0.1) is 20.7 Å². The Morgan fingerprint density at radius 2 is 1.88 bits per heavy atom. The van der Waals surface area contributed by atoms with Crippen molar-refractivity contribution in [3.63, 3.8) is 0 Å². The van der Waals surface area contributed by atoms with Crippen molar-refractivity contribution in [2.45, 2.75) is 19.4 Å². The molecule has 1 aromatic carbocycles. The molecule has 1 unspecified atom stereocenters. The maximum absolute atomic E-state index is 9.35. The van der Waals surface area contributed by atoms with Crippen LogP contribution in [0.3, 0.4) is 0 Å². The molecular weight excluding hydrogens is 214 g/mol. The summed E-state index contributed by atoms with van der Waals surface area (Å²) in [5.41, 5.74) is 1.30. The van der Waals surface area contributed by atoms with Gasteiger partial charge in [0.1, 0.15) is 12.6 Å². The SMILES string of the molecule is CC(O)C[N+](C)(C)COCCc1ccccc1. The average Bonchev–Trinajstić information content (AvgIpc) is 2.24. The molecule has 17 heavy (non-hydrogen) atoms. The van der Waals surface area contributed by atoms with Crippen molar-refractivity contribution in [3.05, 3.63) is 35.9 Å². The molecule has 0 aliphatic rings. The van der Waals surface area contributed by atoms with Crippen molar-refractivity contribution in [2.75, 3.05) is 34.0 Å². The zero-order valence-electron chi connectivity index (χ0n) is 11.1. The number of quaternary nitrogens is 1. The van der Waals surface area contributed by atoms with Crippen LogP contribution in [0.15, 0.2) is 30.3 Å². The van der Waals surface area contributed by atoms with Crippen molar-refractivity contribution in [1.82, 2.24) is 0 Å². The maximum Gasteiger partial charge on any atom is 0.182 e. The first-order valence-corrected chi connectivity index (χ1v) is 6.11. The van der Waals surface area contributed by atoms with Crippen LogP contribution >= 0.6 is 0 Å². The Bertz CT molecular complexity index is 309. The normalized spacial score (nSPS) is 13.6. The molecule has 0 aromatic heterocycles. The van der Waals surface area contributed by atoms with Gasteiger partial charge >= 0.3 is 0 Å². The lowest BCUT2D eigenvalue weighted by Crippen LogP contribution is -2.46. The highest BCUT2D eigenvalue weighted by Crippen LogP contribution is 2.03. The molecular formula is C14H24NO2+. The third kappa shape index (κ3) is 6.41. The van der Waals surface area contributed by atoms with Crippen LogP contribution in [-0.4, -0.2) is 49.7 Å². The van der Waals surface area contributed by atoms with E-state index in [0.717, 1.165) is 13.0 Å². The van der Waals surface area contributed by atoms with Crippen LogP contribution < -0.4 is 0 Å². The smallest absolute Gasteiger partial charge is 0.182 e. The van der Waals surface area contributed by atoms with Crippen molar-refractivity contribution in [2.24, 2.45) is 0 Å². The topological polar surface area (TPSA) is 29.5 Å². The number of hydrogen-bond acceptors (Lipinski definition) is 2. The van der Waals surface area contributed by atoms with Crippen LogP contribution in [0.25, 0.3) is 0 Å². The first-order chi connectivity index (χ1) is 7.99. The van der Waals surface area contributed by atoms with Gasteiger partial charge in [0.25, 0.3) is 0 Å². The van der Waals surface area contributed by atoms with Gasteiger partial charge in [-0.1, -0.05) is 30.3 Å². The van der Waals surface area contributed by atoms with E-state index in [0.29, 0.717) is 17.8 Å². The van der Waals surface area contributed by atoms with Crippen LogP contribution in [0, 0.1) is 0 Å². The predicted octanol–water partition coefficient (Wildman–Crippen LogP) is 1.66. The predicted molar refractivity (Wildman–Crippen MR) is 69.6 cm³/mol. The van der Waals surface area contributed by atoms with Gasteiger partial charge in [-0.2, -0.15) is 0 Å². The quantitative estimate of drug-likeness (QED) is 0.445. The highest BCUT2D eigenvalue weighted by molar-refractivity contribution is 5.14. The van der Waals surface area contributed by atoms with Gasteiger partial charge in [0.15, 0.2) is 6.73 Å². The van der Waals surface area contributed by atoms with Crippen molar-refractivity contribution in [1.29, 1.82) is 0 Å². The second kappa shape index (κ2) is 6.74. The Kier molecular flexibility index (Phi) is 5.62. The van der Waals surface area contributed by atoms with Crippen LogP contribution in [0.2, 0.25) is 0 Å². The Morgan fingerprint density at radius 1 is 1.24 bits per heavy atom. The summed E-state index contributed by atoms with van der Waals surface area (Å²) in [6.07, 6.45) is 0.651. The number of hydrogen-bond donors (Lipinski definition) is 1. The van der Waals surface area contributed by atoms with Gasteiger partial charge in [0, 0.05) is 0 Å². The standard InChI is InChI=1S/C14H24NO2/c1-13(16)11-15(2,3)12-17-10-9-14-7-5-4-6-8-14/h4-8,13,16H,9-12H2,1-3H3/q+1. The third-order valence-electron chi connectivity index (χ3n) is 2.58. The number of benzene rings is 1. The average molecular weight is 238 g/mol. The van der Waals surface area contributed by atoms with Gasteiger partial charge in [-0.15, -0.1) is 0 Å². The molecule has 96 valence electrons. The molecule has 0 aliphatic carbocycles. The largest absolute Gasteiger partial charge is 0.388 e. The van der Waals surface area contributed by atoms with Crippen LogP contribution in [0.5, 0.6) is 0 Å². The molecule has 0 bridgehead atoms. The Morgan fingerprint density at radius 3 is 2.47 bits per heavy atom. The van der Waals surface area contributed by atoms with Gasteiger partial charge in [-0.3, -0.25) is 0 Å². The minimum absolute atomic E-state index is 0.289. The summed E-state index contributed by atoms with van der Waals surface area (Å²) in [7, 11) is 4.13. The van der Waals surface area contributed by atoms with Crippen LogP contribution in [-0.2, 0) is 11.2 Å². The summed E-state index contributed by atoms with van der Waals surface area (Å²) in [6, 6.07) is 10.3. The van der Waals surface area contributed by atoms with E-state index in [1.165, 1.54) is 5.56 Å². The lowest BCUT2D eigenvalue weighted by molar-refractivity contribution is -0.912. The van der Waals surface area contributed by atoms with E-state index in [1.807, 2.05) is 25.1 Å². The number of nitrogens with zero attached hydrogens (tertiary/aromatic N) is 1. The summed E-state index contributed by atoms with van der Waals surface area (Å²) in [5, 5.41) is 9.35. The molecule has 0 fully saturated rings. The van der Waals surface area contributed by atoms with Gasteiger partial charge in [-0.25, -0.2) is 0 Å². The fourth-order valence-electron chi connectivity index (χ4n) is 1.91. The Balaban J connectivity index is 2.20. The van der Waals surface area contributed by atoms with E-state index >= 15 is 0 Å². The first-order valence-electron chi connectivity index (χ1n) is 6.11. The molecule has 1 atom stereocenters. The van der Waals surface area contributed by atoms with Crippen molar-refractivity contribution >= 4 is 0 Å². The van der Waals surface area contributed by atoms with Crippen LogP contribution in [0.1, 0.15) is 12.5 Å². The second-order valence-electron chi connectivity index (χ2n) is 5.24. The highest BCUT2D eigenvalue weighted by Gasteiger charge is 2.17. The molecule has 1 N–H and O–H groups in total. The van der Waals surface area contributed by atoms with E-state index in [1.54, 1.807) is 0 Å². The Hall–Kier alpha value is -0.900. The molecule has 3 heteroatoms. The minimum Gasteiger partial charge on any atom is -0.388 e. The minimum atomic E-state index is -0.289. The second-order valence-corrected chi connectivity index (χ2v) is 5.24. The molecule has 3 nitrogen and oxygen atoms in total. The van der Waals surface area contributed by atoms with Gasteiger partial charge in [-0.05, 0) is 18.9 Å². The molecule has 1 aromatic rings. The van der Waals surface area contributed by atoms with Gasteiger partial charge in [0.2, 0.25) is 0 Å². The molecule has 0 saturated heterocycles. The number of likely N-dealkylation sites (N-methyl/N-ethyl adjacent to an activating group) is 1. The van der Waals surface area contributed by atoms with Gasteiger partial charge < -0.3 is 14.3 Å². The van der Waals surface area contributed by atoms with E-state index in [9.17, 15) is 5.11 Å². The molecule has 0 spiro atoms. The number of rotatable bonds is 7. The fourth-order valence-corrected chi connectivity index (χ4v) is 1.91. The summed E-state index contributed by atoms with van der Waals surface area (Å²) in [4.78, 5) is 0. The molecule has 0 amide bonds. The van der Waals surface area contributed by atoms with E-state index in [2.05, 4.69) is 26.2 Å². The monoisotopic (exact) mass is 238 g/mol. The first kappa shape index (κ1) is 14.2. The molecule has 0 saturated carbocycles. The Labute approximate surface area is 104 Å². The number of aliphatic hydroxyl groups excluding tert-OH is 1. The summed E-state index contributed by atoms with van der Waals surface area (Å²) in [5.74, 6) is 0.